The summed E-state index contributed by atoms with van der Waals surface area (Å²) >= 11 is 3.63. The smallest absolute Gasteiger partial charge is 0.0222 e. The molecule has 0 amide bonds. The number of halogens is 1. The van der Waals surface area contributed by atoms with E-state index in [1.165, 1.54) is 47.8 Å². The average molecular weight is 296 g/mol. The van der Waals surface area contributed by atoms with Crippen molar-refractivity contribution in [3.05, 3.63) is 33.8 Å². The standard InChI is InChI=1S/C15H22BrN/c1-3-6-15(7-8-15)11-17-10-13-5-4-12(2)9-14(13)16/h4-5,9,17H,3,6-8,10-11H2,1-2H3. The van der Waals surface area contributed by atoms with E-state index in [2.05, 4.69) is 53.3 Å². The van der Waals surface area contributed by atoms with Gasteiger partial charge in [0.2, 0.25) is 0 Å². The first kappa shape index (κ1) is 13.1. The molecule has 1 aromatic rings. The first-order valence-corrected chi connectivity index (χ1v) is 7.40. The van der Waals surface area contributed by atoms with Gasteiger partial charge in [-0.25, -0.2) is 0 Å². The topological polar surface area (TPSA) is 12.0 Å². The molecule has 0 atom stereocenters. The summed E-state index contributed by atoms with van der Waals surface area (Å²) in [5.74, 6) is 0. The van der Waals surface area contributed by atoms with E-state index in [-0.39, 0.29) is 0 Å². The zero-order valence-corrected chi connectivity index (χ0v) is 12.4. The van der Waals surface area contributed by atoms with Gasteiger partial charge in [0.25, 0.3) is 0 Å². The Morgan fingerprint density at radius 1 is 1.35 bits per heavy atom. The molecule has 0 saturated heterocycles. The van der Waals surface area contributed by atoms with Crippen LogP contribution in [-0.4, -0.2) is 6.54 Å². The number of rotatable bonds is 6. The van der Waals surface area contributed by atoms with Crippen molar-refractivity contribution < 1.29 is 0 Å². The normalized spacial score (nSPS) is 17.1. The fourth-order valence-corrected chi connectivity index (χ4v) is 3.11. The van der Waals surface area contributed by atoms with Gasteiger partial charge >= 0.3 is 0 Å². The molecule has 1 N–H and O–H groups in total. The van der Waals surface area contributed by atoms with Gasteiger partial charge in [-0.05, 0) is 48.8 Å². The Morgan fingerprint density at radius 3 is 2.71 bits per heavy atom. The first-order valence-electron chi connectivity index (χ1n) is 6.61. The minimum absolute atomic E-state index is 0.645. The Bertz CT molecular complexity index is 383. The van der Waals surface area contributed by atoms with Crippen molar-refractivity contribution in [2.45, 2.75) is 46.1 Å². The maximum Gasteiger partial charge on any atom is 0.0222 e. The van der Waals surface area contributed by atoms with E-state index in [9.17, 15) is 0 Å². The summed E-state index contributed by atoms with van der Waals surface area (Å²) in [4.78, 5) is 0. The molecule has 17 heavy (non-hydrogen) atoms. The lowest BCUT2D eigenvalue weighted by Crippen LogP contribution is -2.23. The van der Waals surface area contributed by atoms with E-state index >= 15 is 0 Å². The monoisotopic (exact) mass is 295 g/mol. The minimum Gasteiger partial charge on any atom is -0.312 e. The van der Waals surface area contributed by atoms with Crippen molar-refractivity contribution in [1.82, 2.24) is 5.32 Å². The van der Waals surface area contributed by atoms with Crippen molar-refractivity contribution in [2.24, 2.45) is 5.41 Å². The number of hydrogen-bond acceptors (Lipinski definition) is 1. The van der Waals surface area contributed by atoms with Crippen molar-refractivity contribution in [3.8, 4) is 0 Å². The zero-order valence-electron chi connectivity index (χ0n) is 10.9. The third-order valence-electron chi connectivity index (χ3n) is 3.76. The lowest BCUT2D eigenvalue weighted by atomic mass is 10.0. The molecule has 0 heterocycles. The van der Waals surface area contributed by atoms with Crippen LogP contribution in [-0.2, 0) is 6.54 Å². The van der Waals surface area contributed by atoms with Gasteiger partial charge < -0.3 is 5.32 Å². The lowest BCUT2D eigenvalue weighted by Gasteiger charge is -2.15. The minimum atomic E-state index is 0.645. The molecule has 94 valence electrons. The van der Waals surface area contributed by atoms with E-state index in [0.717, 1.165) is 6.54 Å². The Kier molecular flexibility index (Phi) is 4.26. The van der Waals surface area contributed by atoms with Crippen LogP contribution in [0.3, 0.4) is 0 Å². The molecule has 1 aliphatic rings. The summed E-state index contributed by atoms with van der Waals surface area (Å²) in [6.45, 7) is 6.58. The highest BCUT2D eigenvalue weighted by atomic mass is 79.9. The summed E-state index contributed by atoms with van der Waals surface area (Å²) < 4.78 is 1.23. The van der Waals surface area contributed by atoms with Crippen LogP contribution in [0.4, 0.5) is 0 Å². The van der Waals surface area contributed by atoms with Gasteiger partial charge in [0.05, 0.1) is 0 Å². The molecule has 2 rings (SSSR count). The van der Waals surface area contributed by atoms with Gasteiger partial charge in [0, 0.05) is 17.6 Å². The van der Waals surface area contributed by atoms with Crippen LogP contribution in [0.2, 0.25) is 0 Å². The molecular weight excluding hydrogens is 274 g/mol. The second kappa shape index (κ2) is 5.53. The molecule has 0 bridgehead atoms. The molecule has 0 unspecified atom stereocenters. The highest BCUT2D eigenvalue weighted by molar-refractivity contribution is 9.10. The van der Waals surface area contributed by atoms with Crippen molar-refractivity contribution in [1.29, 1.82) is 0 Å². The van der Waals surface area contributed by atoms with Crippen LogP contribution in [0.15, 0.2) is 22.7 Å². The Labute approximate surface area is 113 Å². The summed E-state index contributed by atoms with van der Waals surface area (Å²) in [6, 6.07) is 6.59. The number of aryl methyl sites for hydroxylation is 1. The van der Waals surface area contributed by atoms with Crippen LogP contribution in [0, 0.1) is 12.3 Å². The molecule has 1 fully saturated rings. The van der Waals surface area contributed by atoms with Gasteiger partial charge in [0.15, 0.2) is 0 Å². The highest BCUT2D eigenvalue weighted by Gasteiger charge is 2.40. The molecular formula is C15H22BrN. The van der Waals surface area contributed by atoms with E-state index < -0.39 is 0 Å². The van der Waals surface area contributed by atoms with Crippen LogP contribution in [0.25, 0.3) is 0 Å². The fraction of sp³-hybridized carbons (Fsp3) is 0.600. The summed E-state index contributed by atoms with van der Waals surface area (Å²) in [5.41, 5.74) is 3.32. The Balaban J connectivity index is 1.82. The second-order valence-corrected chi connectivity index (χ2v) is 6.30. The van der Waals surface area contributed by atoms with Gasteiger partial charge in [-0.2, -0.15) is 0 Å². The maximum absolute atomic E-state index is 3.63. The molecule has 1 aromatic carbocycles. The van der Waals surface area contributed by atoms with Crippen molar-refractivity contribution in [2.75, 3.05) is 6.54 Å². The fourth-order valence-electron chi connectivity index (χ4n) is 2.48. The third kappa shape index (κ3) is 3.56. The second-order valence-electron chi connectivity index (χ2n) is 5.45. The lowest BCUT2D eigenvalue weighted by molar-refractivity contribution is 0.420. The molecule has 1 nitrogen and oxygen atoms in total. The third-order valence-corrected chi connectivity index (χ3v) is 4.50. The van der Waals surface area contributed by atoms with Gasteiger partial charge in [-0.1, -0.05) is 41.4 Å². The summed E-state index contributed by atoms with van der Waals surface area (Å²) in [6.07, 6.45) is 5.54. The summed E-state index contributed by atoms with van der Waals surface area (Å²) in [5, 5.41) is 3.62. The largest absolute Gasteiger partial charge is 0.312 e. The van der Waals surface area contributed by atoms with Crippen LogP contribution >= 0.6 is 15.9 Å². The zero-order chi connectivity index (χ0) is 12.3. The Hall–Kier alpha value is -0.340. The van der Waals surface area contributed by atoms with E-state index in [1.807, 2.05) is 0 Å². The predicted molar refractivity (Wildman–Crippen MR) is 77.2 cm³/mol. The number of nitrogens with one attached hydrogen (secondary N) is 1. The molecule has 0 spiro atoms. The van der Waals surface area contributed by atoms with E-state index in [0.29, 0.717) is 5.41 Å². The predicted octanol–water partition coefficient (Wildman–Crippen LogP) is 4.43. The van der Waals surface area contributed by atoms with Gasteiger partial charge in [-0.15, -0.1) is 0 Å². The first-order chi connectivity index (χ1) is 8.15. The molecule has 2 heteroatoms. The van der Waals surface area contributed by atoms with Crippen LogP contribution < -0.4 is 5.32 Å². The molecule has 1 aliphatic carbocycles. The van der Waals surface area contributed by atoms with Crippen molar-refractivity contribution >= 4 is 15.9 Å². The highest BCUT2D eigenvalue weighted by Crippen LogP contribution is 2.48. The molecule has 0 radical (unpaired) electrons. The SMILES string of the molecule is CCCC1(CNCc2ccc(C)cc2Br)CC1. The molecule has 0 aromatic heterocycles. The van der Waals surface area contributed by atoms with Crippen molar-refractivity contribution in [3.63, 3.8) is 0 Å². The maximum atomic E-state index is 3.63. The molecule has 0 aliphatic heterocycles. The van der Waals surface area contributed by atoms with E-state index in [4.69, 9.17) is 0 Å². The number of benzene rings is 1. The summed E-state index contributed by atoms with van der Waals surface area (Å²) in [7, 11) is 0. The van der Waals surface area contributed by atoms with Crippen LogP contribution in [0.5, 0.6) is 0 Å². The average Bonchev–Trinajstić information content (AvgIpc) is 3.02. The van der Waals surface area contributed by atoms with Gasteiger partial charge in [-0.3, -0.25) is 0 Å². The quantitative estimate of drug-likeness (QED) is 0.819. The molecule has 1 saturated carbocycles. The van der Waals surface area contributed by atoms with E-state index in [1.54, 1.807) is 0 Å². The Morgan fingerprint density at radius 2 is 2.12 bits per heavy atom. The van der Waals surface area contributed by atoms with Gasteiger partial charge in [0.1, 0.15) is 0 Å². The van der Waals surface area contributed by atoms with Crippen LogP contribution in [0.1, 0.15) is 43.7 Å². The number of hydrogen-bond donors (Lipinski definition) is 1.